The van der Waals surface area contributed by atoms with Crippen molar-refractivity contribution in [3.05, 3.63) is 29.6 Å². The van der Waals surface area contributed by atoms with Gasteiger partial charge in [-0.15, -0.1) is 0 Å². The summed E-state index contributed by atoms with van der Waals surface area (Å²) < 4.78 is 0. The summed E-state index contributed by atoms with van der Waals surface area (Å²) in [6, 6.07) is 5.15. The van der Waals surface area contributed by atoms with Crippen LogP contribution in [0, 0.1) is 11.3 Å². The van der Waals surface area contributed by atoms with Crippen LogP contribution in [0.5, 0.6) is 0 Å². The molecule has 1 amide bonds. The van der Waals surface area contributed by atoms with Gasteiger partial charge in [-0.05, 0) is 37.0 Å². The SMILES string of the molecule is CSCCCCCCNC(=O)c1ccc(C#N)cn1. The van der Waals surface area contributed by atoms with Crippen LogP contribution >= 0.6 is 11.8 Å². The van der Waals surface area contributed by atoms with E-state index in [1.807, 2.05) is 17.8 Å². The van der Waals surface area contributed by atoms with Gasteiger partial charge in [0.2, 0.25) is 0 Å². The van der Waals surface area contributed by atoms with Gasteiger partial charge in [-0.2, -0.15) is 17.0 Å². The molecule has 19 heavy (non-hydrogen) atoms. The predicted octanol–water partition coefficient (Wildman–Crippen LogP) is 2.61. The average molecular weight is 277 g/mol. The largest absolute Gasteiger partial charge is 0.351 e. The quantitative estimate of drug-likeness (QED) is 0.742. The van der Waals surface area contributed by atoms with Gasteiger partial charge >= 0.3 is 0 Å². The third-order valence-electron chi connectivity index (χ3n) is 2.69. The van der Waals surface area contributed by atoms with E-state index in [4.69, 9.17) is 5.26 Å². The van der Waals surface area contributed by atoms with E-state index in [1.165, 1.54) is 24.8 Å². The zero-order valence-corrected chi connectivity index (χ0v) is 12.0. The lowest BCUT2D eigenvalue weighted by atomic mass is 10.2. The van der Waals surface area contributed by atoms with Gasteiger partial charge in [0.25, 0.3) is 5.91 Å². The van der Waals surface area contributed by atoms with Crippen LogP contribution in [0.1, 0.15) is 41.7 Å². The van der Waals surface area contributed by atoms with Crippen molar-refractivity contribution in [2.45, 2.75) is 25.7 Å². The fourth-order valence-electron chi connectivity index (χ4n) is 1.61. The molecule has 0 unspecified atom stereocenters. The normalized spacial score (nSPS) is 9.89. The summed E-state index contributed by atoms with van der Waals surface area (Å²) in [4.78, 5) is 15.7. The number of carbonyl (C=O) groups excluding carboxylic acids is 1. The third kappa shape index (κ3) is 6.25. The molecule has 1 aromatic heterocycles. The maximum atomic E-state index is 11.7. The Hall–Kier alpha value is -1.54. The van der Waals surface area contributed by atoms with Crippen LogP contribution in [-0.2, 0) is 0 Å². The topological polar surface area (TPSA) is 65.8 Å². The fraction of sp³-hybridized carbons (Fsp3) is 0.500. The highest BCUT2D eigenvalue weighted by atomic mass is 32.2. The number of carbonyl (C=O) groups is 1. The second kappa shape index (κ2) is 9.40. The molecule has 0 atom stereocenters. The van der Waals surface area contributed by atoms with E-state index in [2.05, 4.69) is 16.6 Å². The molecule has 0 radical (unpaired) electrons. The number of pyridine rings is 1. The van der Waals surface area contributed by atoms with Gasteiger partial charge < -0.3 is 5.32 Å². The first kappa shape index (κ1) is 15.5. The van der Waals surface area contributed by atoms with Crippen LogP contribution in [0.15, 0.2) is 18.3 Å². The van der Waals surface area contributed by atoms with Crippen LogP contribution in [-0.4, -0.2) is 29.4 Å². The van der Waals surface area contributed by atoms with Gasteiger partial charge in [-0.3, -0.25) is 4.79 Å². The maximum Gasteiger partial charge on any atom is 0.269 e. The molecule has 0 aliphatic rings. The number of amides is 1. The first-order valence-corrected chi connectivity index (χ1v) is 7.80. The molecule has 5 heteroatoms. The summed E-state index contributed by atoms with van der Waals surface area (Å²) >= 11 is 1.87. The Balaban J connectivity index is 2.18. The van der Waals surface area contributed by atoms with Crippen molar-refractivity contribution in [3.8, 4) is 6.07 Å². The van der Waals surface area contributed by atoms with E-state index in [0.717, 1.165) is 12.8 Å². The number of unbranched alkanes of at least 4 members (excludes halogenated alkanes) is 3. The van der Waals surface area contributed by atoms with Gasteiger partial charge in [-0.1, -0.05) is 12.8 Å². The number of aromatic nitrogens is 1. The van der Waals surface area contributed by atoms with Crippen molar-refractivity contribution < 1.29 is 4.79 Å². The monoisotopic (exact) mass is 277 g/mol. The zero-order chi connectivity index (χ0) is 13.9. The molecule has 0 bridgehead atoms. The van der Waals surface area contributed by atoms with Crippen LogP contribution in [0.2, 0.25) is 0 Å². The summed E-state index contributed by atoms with van der Waals surface area (Å²) in [5.74, 6) is 1.04. The van der Waals surface area contributed by atoms with Crippen LogP contribution < -0.4 is 5.32 Å². The van der Waals surface area contributed by atoms with Crippen molar-refractivity contribution in [1.29, 1.82) is 5.26 Å². The summed E-state index contributed by atoms with van der Waals surface area (Å²) in [5, 5.41) is 11.5. The molecular formula is C14H19N3OS. The molecule has 0 saturated carbocycles. The second-order valence-corrected chi connectivity index (χ2v) is 5.19. The highest BCUT2D eigenvalue weighted by molar-refractivity contribution is 7.98. The molecule has 4 nitrogen and oxygen atoms in total. The number of thioether (sulfide) groups is 1. The lowest BCUT2D eigenvalue weighted by Gasteiger charge is -2.04. The van der Waals surface area contributed by atoms with E-state index < -0.39 is 0 Å². The Bertz CT molecular complexity index is 425. The number of hydrogen-bond donors (Lipinski definition) is 1. The molecule has 0 aromatic carbocycles. The van der Waals surface area contributed by atoms with E-state index >= 15 is 0 Å². The summed E-state index contributed by atoms with van der Waals surface area (Å²) in [6.07, 6.45) is 8.12. The minimum atomic E-state index is -0.173. The summed E-state index contributed by atoms with van der Waals surface area (Å²) in [5.41, 5.74) is 0.826. The van der Waals surface area contributed by atoms with Gasteiger partial charge in [0.15, 0.2) is 0 Å². The Morgan fingerprint density at radius 3 is 2.79 bits per heavy atom. The highest BCUT2D eigenvalue weighted by Gasteiger charge is 2.05. The van der Waals surface area contributed by atoms with Crippen molar-refractivity contribution in [2.75, 3.05) is 18.6 Å². The third-order valence-corrected chi connectivity index (χ3v) is 3.38. The zero-order valence-electron chi connectivity index (χ0n) is 11.2. The Morgan fingerprint density at radius 1 is 1.37 bits per heavy atom. The molecule has 102 valence electrons. The van der Waals surface area contributed by atoms with E-state index in [9.17, 15) is 4.79 Å². The van der Waals surface area contributed by atoms with Crippen molar-refractivity contribution in [2.24, 2.45) is 0 Å². The lowest BCUT2D eigenvalue weighted by Crippen LogP contribution is -2.25. The number of nitrogens with one attached hydrogen (secondary N) is 1. The molecule has 1 N–H and O–H groups in total. The average Bonchev–Trinajstić information content (AvgIpc) is 2.46. The molecule has 0 fully saturated rings. The van der Waals surface area contributed by atoms with Crippen LogP contribution in [0.4, 0.5) is 0 Å². The minimum absolute atomic E-state index is 0.173. The minimum Gasteiger partial charge on any atom is -0.351 e. The standard InChI is InChI=1S/C14H19N3OS/c1-19-9-5-3-2-4-8-16-14(18)13-7-6-12(10-15)11-17-13/h6-7,11H,2-5,8-9H2,1H3,(H,16,18). The van der Waals surface area contributed by atoms with E-state index in [0.29, 0.717) is 17.8 Å². The molecular weight excluding hydrogens is 258 g/mol. The number of hydrogen-bond acceptors (Lipinski definition) is 4. The van der Waals surface area contributed by atoms with E-state index in [-0.39, 0.29) is 5.91 Å². The smallest absolute Gasteiger partial charge is 0.269 e. The van der Waals surface area contributed by atoms with Gasteiger partial charge in [0, 0.05) is 12.7 Å². The van der Waals surface area contributed by atoms with Crippen molar-refractivity contribution >= 4 is 17.7 Å². The lowest BCUT2D eigenvalue weighted by molar-refractivity contribution is 0.0948. The molecule has 0 aliphatic carbocycles. The summed E-state index contributed by atoms with van der Waals surface area (Å²) in [7, 11) is 0. The molecule has 0 aliphatic heterocycles. The fourth-order valence-corrected chi connectivity index (χ4v) is 2.10. The summed E-state index contributed by atoms with van der Waals surface area (Å²) in [6.45, 7) is 0.680. The number of nitrogens with zero attached hydrogens (tertiary/aromatic N) is 2. The predicted molar refractivity (Wildman–Crippen MR) is 78.1 cm³/mol. The first-order chi connectivity index (χ1) is 9.27. The Labute approximate surface area is 118 Å². The van der Waals surface area contributed by atoms with Gasteiger partial charge in [0.05, 0.1) is 5.56 Å². The first-order valence-electron chi connectivity index (χ1n) is 6.41. The highest BCUT2D eigenvalue weighted by Crippen LogP contribution is 2.04. The van der Waals surface area contributed by atoms with Gasteiger partial charge in [-0.25, -0.2) is 4.98 Å². The van der Waals surface area contributed by atoms with Gasteiger partial charge in [0.1, 0.15) is 11.8 Å². The molecule has 0 saturated heterocycles. The van der Waals surface area contributed by atoms with Crippen LogP contribution in [0.25, 0.3) is 0 Å². The second-order valence-electron chi connectivity index (χ2n) is 4.21. The van der Waals surface area contributed by atoms with E-state index in [1.54, 1.807) is 12.1 Å². The Kier molecular flexibility index (Phi) is 7.68. The molecule has 1 aromatic rings. The maximum absolute atomic E-state index is 11.7. The van der Waals surface area contributed by atoms with Crippen molar-refractivity contribution in [1.82, 2.24) is 10.3 Å². The number of nitriles is 1. The van der Waals surface area contributed by atoms with Crippen molar-refractivity contribution in [3.63, 3.8) is 0 Å². The molecule has 0 spiro atoms. The number of rotatable bonds is 8. The molecule has 1 heterocycles. The molecule has 1 rings (SSSR count). The van der Waals surface area contributed by atoms with Crippen LogP contribution in [0.3, 0.4) is 0 Å². The Morgan fingerprint density at radius 2 is 2.16 bits per heavy atom.